The molecule has 4 rings (SSSR count). The molecular formula is C27H29NO6. The summed E-state index contributed by atoms with van der Waals surface area (Å²) in [6, 6.07) is 12.7. The van der Waals surface area contributed by atoms with Gasteiger partial charge in [-0.1, -0.05) is 18.2 Å². The molecule has 2 N–H and O–H groups in total. The topological polar surface area (TPSA) is 94.1 Å². The summed E-state index contributed by atoms with van der Waals surface area (Å²) in [6.07, 6.45) is 0.958. The molecule has 0 radical (unpaired) electrons. The SMILES string of the molecule is CCOc1cc([C@H]2C(C(=O)OC)=C(C)NC3=C2C(=O)C[C@@H](c2ccc(OC)cc2)C3)ccc1O. The Morgan fingerprint density at radius 2 is 1.79 bits per heavy atom. The van der Waals surface area contributed by atoms with E-state index in [0.29, 0.717) is 47.6 Å². The van der Waals surface area contributed by atoms with Gasteiger partial charge in [-0.15, -0.1) is 0 Å². The van der Waals surface area contributed by atoms with Crippen molar-refractivity contribution in [3.05, 3.63) is 76.1 Å². The van der Waals surface area contributed by atoms with E-state index in [-0.39, 0.29) is 17.5 Å². The molecule has 0 bridgehead atoms. The fraction of sp³-hybridized carbons (Fsp3) is 0.333. The minimum absolute atomic E-state index is 0.00333. The molecule has 7 nitrogen and oxygen atoms in total. The van der Waals surface area contributed by atoms with E-state index in [9.17, 15) is 14.7 Å². The zero-order chi connectivity index (χ0) is 24.4. The Hall–Kier alpha value is -3.74. The number of phenols is 1. The Morgan fingerprint density at radius 3 is 2.44 bits per heavy atom. The minimum atomic E-state index is -0.618. The number of hydrogen-bond acceptors (Lipinski definition) is 7. The van der Waals surface area contributed by atoms with Gasteiger partial charge >= 0.3 is 5.97 Å². The van der Waals surface area contributed by atoms with Crippen molar-refractivity contribution in [3.8, 4) is 17.2 Å². The highest BCUT2D eigenvalue weighted by Crippen LogP contribution is 2.47. The number of ketones is 1. The number of rotatable bonds is 6. The lowest BCUT2D eigenvalue weighted by Gasteiger charge is -2.36. The number of methoxy groups -OCH3 is 2. The zero-order valence-electron chi connectivity index (χ0n) is 19.8. The predicted molar refractivity (Wildman–Crippen MR) is 127 cm³/mol. The van der Waals surface area contributed by atoms with Gasteiger partial charge in [0.15, 0.2) is 17.3 Å². The number of carbonyl (C=O) groups is 2. The average molecular weight is 464 g/mol. The van der Waals surface area contributed by atoms with Gasteiger partial charge in [0.2, 0.25) is 0 Å². The standard InChI is InChI=1S/C27H29NO6/c1-5-34-23-14-17(8-11-21(23)29)25-24(27(31)33-4)15(2)28-20-12-18(13-22(30)26(20)25)16-6-9-19(32-3)10-7-16/h6-11,14,18,25,28-29H,5,12-13H2,1-4H3/t18-,25-/m0/s1. The number of aromatic hydroxyl groups is 1. The van der Waals surface area contributed by atoms with Crippen LogP contribution >= 0.6 is 0 Å². The molecule has 0 spiro atoms. The lowest BCUT2D eigenvalue weighted by atomic mass is 9.71. The summed E-state index contributed by atoms with van der Waals surface area (Å²) in [5, 5.41) is 13.5. The molecule has 0 fully saturated rings. The van der Waals surface area contributed by atoms with Crippen molar-refractivity contribution < 1.29 is 28.9 Å². The van der Waals surface area contributed by atoms with Crippen LogP contribution in [0.4, 0.5) is 0 Å². The summed E-state index contributed by atoms with van der Waals surface area (Å²) < 4.78 is 15.9. The quantitative estimate of drug-likeness (QED) is 0.616. The molecule has 178 valence electrons. The third-order valence-corrected chi connectivity index (χ3v) is 6.44. The summed E-state index contributed by atoms with van der Waals surface area (Å²) in [7, 11) is 2.95. The molecule has 0 unspecified atom stereocenters. The fourth-order valence-electron chi connectivity index (χ4n) is 4.85. The van der Waals surface area contributed by atoms with E-state index in [0.717, 1.165) is 17.0 Å². The highest BCUT2D eigenvalue weighted by atomic mass is 16.5. The highest BCUT2D eigenvalue weighted by Gasteiger charge is 2.41. The van der Waals surface area contributed by atoms with E-state index >= 15 is 0 Å². The van der Waals surface area contributed by atoms with E-state index < -0.39 is 11.9 Å². The van der Waals surface area contributed by atoms with Gasteiger partial charge in [0.25, 0.3) is 0 Å². The van der Waals surface area contributed by atoms with Gasteiger partial charge < -0.3 is 24.6 Å². The van der Waals surface area contributed by atoms with Crippen LogP contribution in [0.25, 0.3) is 0 Å². The first-order valence-electron chi connectivity index (χ1n) is 11.3. The largest absolute Gasteiger partial charge is 0.504 e. The van der Waals surface area contributed by atoms with Gasteiger partial charge in [0.05, 0.1) is 26.4 Å². The first kappa shape index (κ1) is 23.4. The minimum Gasteiger partial charge on any atom is -0.504 e. The molecule has 0 saturated carbocycles. The number of allylic oxidation sites excluding steroid dienone is 3. The monoisotopic (exact) mass is 463 g/mol. The molecule has 0 amide bonds. The fourth-order valence-corrected chi connectivity index (χ4v) is 4.85. The summed E-state index contributed by atoms with van der Waals surface area (Å²) in [6.45, 7) is 4.01. The van der Waals surface area contributed by atoms with Gasteiger partial charge in [0, 0.05) is 29.3 Å². The van der Waals surface area contributed by atoms with Crippen LogP contribution in [0.2, 0.25) is 0 Å². The molecule has 2 aliphatic rings. The van der Waals surface area contributed by atoms with Crippen molar-refractivity contribution in [2.75, 3.05) is 20.8 Å². The van der Waals surface area contributed by atoms with Crippen LogP contribution in [-0.2, 0) is 14.3 Å². The Bertz CT molecular complexity index is 1180. The number of Topliss-reactive ketones (excluding diaryl/α,β-unsaturated/α-hetero) is 1. The van der Waals surface area contributed by atoms with Crippen LogP contribution in [0.15, 0.2) is 65.0 Å². The molecule has 1 aliphatic carbocycles. The van der Waals surface area contributed by atoms with Crippen LogP contribution in [0.5, 0.6) is 17.2 Å². The predicted octanol–water partition coefficient (Wildman–Crippen LogP) is 4.33. The second-order valence-corrected chi connectivity index (χ2v) is 8.44. The second-order valence-electron chi connectivity index (χ2n) is 8.44. The van der Waals surface area contributed by atoms with Crippen molar-refractivity contribution in [2.24, 2.45) is 0 Å². The van der Waals surface area contributed by atoms with Crippen LogP contribution < -0.4 is 14.8 Å². The van der Waals surface area contributed by atoms with E-state index in [2.05, 4.69) is 5.32 Å². The molecule has 7 heteroatoms. The van der Waals surface area contributed by atoms with Gasteiger partial charge in [0.1, 0.15) is 5.75 Å². The molecule has 2 atom stereocenters. The van der Waals surface area contributed by atoms with Gasteiger partial charge in [-0.3, -0.25) is 4.79 Å². The van der Waals surface area contributed by atoms with Gasteiger partial charge in [-0.2, -0.15) is 0 Å². The van der Waals surface area contributed by atoms with E-state index in [4.69, 9.17) is 14.2 Å². The maximum atomic E-state index is 13.6. The Kier molecular flexibility index (Phi) is 6.63. The van der Waals surface area contributed by atoms with Crippen molar-refractivity contribution in [1.29, 1.82) is 0 Å². The molecule has 1 heterocycles. The first-order chi connectivity index (χ1) is 16.4. The lowest BCUT2D eigenvalue weighted by Crippen LogP contribution is -2.36. The van der Waals surface area contributed by atoms with Crippen molar-refractivity contribution in [2.45, 2.75) is 38.5 Å². The normalized spacial score (nSPS) is 19.9. The number of dihydropyridines is 1. The van der Waals surface area contributed by atoms with Crippen LogP contribution in [0.1, 0.15) is 49.7 Å². The number of benzene rings is 2. The number of nitrogens with one attached hydrogen (secondary N) is 1. The zero-order valence-corrected chi connectivity index (χ0v) is 19.8. The Morgan fingerprint density at radius 1 is 1.09 bits per heavy atom. The lowest BCUT2D eigenvalue weighted by molar-refractivity contribution is -0.136. The number of esters is 1. The smallest absolute Gasteiger partial charge is 0.336 e. The van der Waals surface area contributed by atoms with Crippen LogP contribution in [-0.4, -0.2) is 37.7 Å². The Labute approximate surface area is 199 Å². The second kappa shape index (κ2) is 9.63. The number of carbonyl (C=O) groups excluding carboxylic acids is 2. The maximum Gasteiger partial charge on any atom is 0.336 e. The third kappa shape index (κ3) is 4.25. The van der Waals surface area contributed by atoms with E-state index in [1.807, 2.05) is 38.1 Å². The molecular weight excluding hydrogens is 434 g/mol. The van der Waals surface area contributed by atoms with E-state index in [1.165, 1.54) is 13.2 Å². The Balaban J connectivity index is 1.79. The summed E-state index contributed by atoms with van der Waals surface area (Å²) in [4.78, 5) is 26.4. The molecule has 0 aromatic heterocycles. The molecule has 34 heavy (non-hydrogen) atoms. The number of ether oxygens (including phenoxy) is 3. The van der Waals surface area contributed by atoms with Gasteiger partial charge in [-0.05, 0) is 61.6 Å². The molecule has 0 saturated heterocycles. The summed E-state index contributed by atoms with van der Waals surface area (Å²) in [5.74, 6) is -0.0623. The van der Waals surface area contributed by atoms with Crippen molar-refractivity contribution in [3.63, 3.8) is 0 Å². The highest BCUT2D eigenvalue weighted by molar-refractivity contribution is 6.04. The molecule has 1 aliphatic heterocycles. The van der Waals surface area contributed by atoms with E-state index in [1.54, 1.807) is 19.2 Å². The number of hydrogen-bond donors (Lipinski definition) is 2. The van der Waals surface area contributed by atoms with Crippen molar-refractivity contribution >= 4 is 11.8 Å². The van der Waals surface area contributed by atoms with Crippen LogP contribution in [0, 0.1) is 0 Å². The third-order valence-electron chi connectivity index (χ3n) is 6.44. The average Bonchev–Trinajstić information content (AvgIpc) is 2.84. The summed E-state index contributed by atoms with van der Waals surface area (Å²) in [5.41, 5.74) is 4.13. The number of phenolic OH excluding ortho intramolecular Hbond substituents is 1. The molecule has 2 aromatic rings. The molecule has 2 aromatic carbocycles. The van der Waals surface area contributed by atoms with Crippen LogP contribution in [0.3, 0.4) is 0 Å². The van der Waals surface area contributed by atoms with Gasteiger partial charge in [-0.25, -0.2) is 4.79 Å². The summed E-state index contributed by atoms with van der Waals surface area (Å²) >= 11 is 0. The maximum absolute atomic E-state index is 13.6. The van der Waals surface area contributed by atoms with Crippen molar-refractivity contribution in [1.82, 2.24) is 5.32 Å². The first-order valence-corrected chi connectivity index (χ1v) is 11.3.